The summed E-state index contributed by atoms with van der Waals surface area (Å²) in [5.74, 6) is 0.00857. The van der Waals surface area contributed by atoms with Crippen molar-refractivity contribution >= 4 is 5.97 Å². The fourth-order valence-electron chi connectivity index (χ4n) is 2.63. The Hall–Kier alpha value is -1.51. The van der Waals surface area contributed by atoms with Crippen LogP contribution in [0, 0.1) is 6.92 Å². The molecular formula is C16H22O3. The van der Waals surface area contributed by atoms with Crippen LogP contribution in [0.4, 0.5) is 0 Å². The lowest BCUT2D eigenvalue weighted by molar-refractivity contribution is -0.140. The van der Waals surface area contributed by atoms with E-state index in [1.54, 1.807) is 7.11 Å². The molecule has 1 aromatic carbocycles. The van der Waals surface area contributed by atoms with Crippen molar-refractivity contribution in [2.75, 3.05) is 7.11 Å². The molecule has 2 rings (SSSR count). The van der Waals surface area contributed by atoms with Crippen LogP contribution in [-0.2, 0) is 15.6 Å². The van der Waals surface area contributed by atoms with Gasteiger partial charge in [-0.1, -0.05) is 38.5 Å². The van der Waals surface area contributed by atoms with E-state index in [4.69, 9.17) is 4.74 Å². The standard InChI is InChI=1S/C16H22O3/c1-10-8-11(15(2,3)4)13(19-5)12(9-10)16(6-7-16)14(17)18/h8-9H,6-7H2,1-5H3,(H,17,18). The molecule has 1 N–H and O–H groups in total. The molecule has 1 aliphatic rings. The number of methoxy groups -OCH3 is 1. The van der Waals surface area contributed by atoms with Crippen LogP contribution in [0.3, 0.4) is 0 Å². The number of carbonyl (C=O) groups is 1. The predicted molar refractivity (Wildman–Crippen MR) is 75.0 cm³/mol. The van der Waals surface area contributed by atoms with E-state index in [1.165, 1.54) is 0 Å². The molecule has 0 radical (unpaired) electrons. The van der Waals surface area contributed by atoms with Crippen molar-refractivity contribution in [1.29, 1.82) is 0 Å². The lowest BCUT2D eigenvalue weighted by Gasteiger charge is -2.26. The molecule has 1 aromatic rings. The zero-order valence-corrected chi connectivity index (χ0v) is 12.3. The van der Waals surface area contributed by atoms with Crippen molar-refractivity contribution < 1.29 is 14.6 Å². The zero-order valence-electron chi connectivity index (χ0n) is 12.3. The molecule has 0 aliphatic heterocycles. The minimum atomic E-state index is -0.740. The summed E-state index contributed by atoms with van der Waals surface area (Å²) in [6.07, 6.45) is 1.40. The van der Waals surface area contributed by atoms with E-state index in [1.807, 2.05) is 13.0 Å². The molecular weight excluding hydrogens is 240 g/mol. The third-order valence-electron chi connectivity index (χ3n) is 3.92. The van der Waals surface area contributed by atoms with Gasteiger partial charge < -0.3 is 9.84 Å². The fraction of sp³-hybridized carbons (Fsp3) is 0.562. The summed E-state index contributed by atoms with van der Waals surface area (Å²) < 4.78 is 5.57. The van der Waals surface area contributed by atoms with Crippen molar-refractivity contribution in [1.82, 2.24) is 0 Å². The van der Waals surface area contributed by atoms with Crippen LogP contribution in [0.15, 0.2) is 12.1 Å². The smallest absolute Gasteiger partial charge is 0.314 e. The number of aliphatic carboxylic acids is 1. The van der Waals surface area contributed by atoms with E-state index in [-0.39, 0.29) is 5.41 Å². The molecule has 0 spiro atoms. The van der Waals surface area contributed by atoms with Crippen molar-refractivity contribution in [3.63, 3.8) is 0 Å². The second-order valence-corrected chi connectivity index (χ2v) is 6.53. The predicted octanol–water partition coefficient (Wildman–Crippen LogP) is 3.42. The number of hydrogen-bond acceptors (Lipinski definition) is 2. The van der Waals surface area contributed by atoms with E-state index in [2.05, 4.69) is 26.8 Å². The molecule has 0 bridgehead atoms. The molecule has 3 heteroatoms. The van der Waals surface area contributed by atoms with Gasteiger partial charge in [-0.15, -0.1) is 0 Å². The van der Waals surface area contributed by atoms with Gasteiger partial charge in [-0.2, -0.15) is 0 Å². The van der Waals surface area contributed by atoms with Gasteiger partial charge in [-0.25, -0.2) is 0 Å². The Kier molecular flexibility index (Phi) is 3.12. The van der Waals surface area contributed by atoms with E-state index in [0.29, 0.717) is 12.8 Å². The lowest BCUT2D eigenvalue weighted by atomic mass is 9.81. The third-order valence-corrected chi connectivity index (χ3v) is 3.92. The second kappa shape index (κ2) is 4.26. The van der Waals surface area contributed by atoms with Gasteiger partial charge >= 0.3 is 5.97 Å². The molecule has 0 saturated heterocycles. The van der Waals surface area contributed by atoms with E-state index in [0.717, 1.165) is 22.4 Å². The van der Waals surface area contributed by atoms with Crippen molar-refractivity contribution in [2.45, 2.75) is 51.4 Å². The third kappa shape index (κ3) is 2.22. The van der Waals surface area contributed by atoms with Crippen LogP contribution >= 0.6 is 0 Å². The highest BCUT2D eigenvalue weighted by molar-refractivity contribution is 5.86. The normalized spacial score (nSPS) is 17.1. The van der Waals surface area contributed by atoms with Crippen molar-refractivity contribution in [3.8, 4) is 5.75 Å². The molecule has 1 fully saturated rings. The zero-order chi connectivity index (χ0) is 14.4. The van der Waals surface area contributed by atoms with Gasteiger partial charge in [0.2, 0.25) is 0 Å². The van der Waals surface area contributed by atoms with Crippen LogP contribution in [0.1, 0.15) is 50.3 Å². The number of rotatable bonds is 3. The summed E-state index contributed by atoms with van der Waals surface area (Å²) in [6, 6.07) is 4.06. The van der Waals surface area contributed by atoms with Gasteiger partial charge in [-0.3, -0.25) is 4.79 Å². The van der Waals surface area contributed by atoms with Crippen LogP contribution < -0.4 is 4.74 Å². The van der Waals surface area contributed by atoms with Crippen LogP contribution in [-0.4, -0.2) is 18.2 Å². The van der Waals surface area contributed by atoms with E-state index in [9.17, 15) is 9.90 Å². The highest BCUT2D eigenvalue weighted by Gasteiger charge is 2.54. The number of benzene rings is 1. The van der Waals surface area contributed by atoms with Gasteiger partial charge in [0.1, 0.15) is 5.75 Å². The Morgan fingerprint density at radius 3 is 2.26 bits per heavy atom. The van der Waals surface area contributed by atoms with Crippen molar-refractivity contribution in [2.24, 2.45) is 0 Å². The highest BCUT2D eigenvalue weighted by atomic mass is 16.5. The maximum absolute atomic E-state index is 11.6. The number of aryl methyl sites for hydroxylation is 1. The number of hydrogen-bond donors (Lipinski definition) is 1. The molecule has 1 aliphatic carbocycles. The number of carboxylic acid groups (broad SMARTS) is 1. The lowest BCUT2D eigenvalue weighted by Crippen LogP contribution is -2.23. The first-order valence-corrected chi connectivity index (χ1v) is 6.65. The quantitative estimate of drug-likeness (QED) is 0.908. The molecule has 3 nitrogen and oxygen atoms in total. The average molecular weight is 262 g/mol. The average Bonchev–Trinajstić information content (AvgIpc) is 3.07. The summed E-state index contributed by atoms with van der Waals surface area (Å²) in [7, 11) is 1.63. The maximum atomic E-state index is 11.6. The summed E-state index contributed by atoms with van der Waals surface area (Å²) >= 11 is 0. The Morgan fingerprint density at radius 1 is 1.32 bits per heavy atom. The largest absolute Gasteiger partial charge is 0.496 e. The Bertz CT molecular complexity index is 520. The SMILES string of the molecule is COc1c(C(C)(C)C)cc(C)cc1C1(C(=O)O)CC1. The van der Waals surface area contributed by atoms with Gasteiger partial charge in [0.05, 0.1) is 12.5 Å². The summed E-state index contributed by atoms with van der Waals surface area (Å²) in [5.41, 5.74) is 2.22. The van der Waals surface area contributed by atoms with Crippen LogP contribution in [0.5, 0.6) is 5.75 Å². The molecule has 0 aromatic heterocycles. The molecule has 19 heavy (non-hydrogen) atoms. The Labute approximate surface area is 114 Å². The Balaban J connectivity index is 2.69. The highest BCUT2D eigenvalue weighted by Crippen LogP contribution is 2.53. The summed E-state index contributed by atoms with van der Waals surface area (Å²) in [5, 5.41) is 9.51. The first-order valence-electron chi connectivity index (χ1n) is 6.65. The minimum absolute atomic E-state index is 0.0688. The topological polar surface area (TPSA) is 46.5 Å². The van der Waals surface area contributed by atoms with E-state index >= 15 is 0 Å². The summed E-state index contributed by atoms with van der Waals surface area (Å²) in [6.45, 7) is 8.37. The first-order chi connectivity index (χ1) is 8.72. The van der Waals surface area contributed by atoms with Gasteiger partial charge in [0, 0.05) is 11.1 Å². The minimum Gasteiger partial charge on any atom is -0.496 e. The monoisotopic (exact) mass is 262 g/mol. The maximum Gasteiger partial charge on any atom is 0.314 e. The molecule has 0 atom stereocenters. The van der Waals surface area contributed by atoms with Crippen LogP contribution in [0.2, 0.25) is 0 Å². The fourth-order valence-corrected chi connectivity index (χ4v) is 2.63. The molecule has 0 amide bonds. The first kappa shape index (κ1) is 13.9. The number of ether oxygens (including phenoxy) is 1. The van der Waals surface area contributed by atoms with E-state index < -0.39 is 11.4 Å². The molecule has 0 unspecified atom stereocenters. The Morgan fingerprint density at radius 2 is 1.89 bits per heavy atom. The summed E-state index contributed by atoms with van der Waals surface area (Å²) in [4.78, 5) is 11.6. The van der Waals surface area contributed by atoms with Gasteiger partial charge in [-0.05, 0) is 25.2 Å². The number of carboxylic acids is 1. The van der Waals surface area contributed by atoms with Crippen molar-refractivity contribution in [3.05, 3.63) is 28.8 Å². The van der Waals surface area contributed by atoms with Gasteiger partial charge in [0.15, 0.2) is 0 Å². The van der Waals surface area contributed by atoms with Gasteiger partial charge in [0.25, 0.3) is 0 Å². The molecule has 104 valence electrons. The molecule has 0 heterocycles. The molecule has 1 saturated carbocycles. The van der Waals surface area contributed by atoms with Crippen LogP contribution in [0.25, 0.3) is 0 Å². The second-order valence-electron chi connectivity index (χ2n) is 6.53.